The Hall–Kier alpha value is -2.16. The van der Waals surface area contributed by atoms with Crippen molar-refractivity contribution in [3.8, 4) is 0 Å². The summed E-state index contributed by atoms with van der Waals surface area (Å²) in [5.41, 5.74) is 5.35. The Morgan fingerprint density at radius 3 is 2.32 bits per heavy atom. The third kappa shape index (κ3) is 7.58. The van der Waals surface area contributed by atoms with Gasteiger partial charge in [-0.25, -0.2) is 4.79 Å². The lowest BCUT2D eigenvalue weighted by Crippen LogP contribution is -2.54. The van der Waals surface area contributed by atoms with Gasteiger partial charge in [-0.1, -0.05) is 6.92 Å². The van der Waals surface area contributed by atoms with Gasteiger partial charge in [0.15, 0.2) is 1.41 Å². The number of aliphatic carboxylic acids is 1. The van der Waals surface area contributed by atoms with Crippen LogP contribution in [0.25, 0.3) is 0 Å². The molecule has 9 heteroatoms. The van der Waals surface area contributed by atoms with Crippen molar-refractivity contribution in [3.63, 3.8) is 0 Å². The third-order valence-corrected chi connectivity index (χ3v) is 2.50. The number of esters is 1. The molecule has 0 saturated carbocycles. The first-order chi connectivity index (χ1) is 10.6. The quantitative estimate of drug-likeness (QED) is 0.388. The van der Waals surface area contributed by atoms with Crippen LogP contribution in [0.3, 0.4) is 0 Å². The first-order valence-corrected chi connectivity index (χ1v) is 6.88. The highest BCUT2D eigenvalue weighted by atomic mass is 16.5. The zero-order valence-corrected chi connectivity index (χ0v) is 12.9. The molecule has 0 spiro atoms. The van der Waals surface area contributed by atoms with E-state index in [1.807, 2.05) is 0 Å². The van der Waals surface area contributed by atoms with Crippen molar-refractivity contribution < 1.29 is 30.4 Å². The Bertz CT molecular complexity index is 457. The molecule has 3 atom stereocenters. The van der Waals surface area contributed by atoms with E-state index < -0.39 is 48.3 Å². The van der Waals surface area contributed by atoms with Crippen LogP contribution in [0.15, 0.2) is 0 Å². The monoisotopic (exact) mass is 318 g/mol. The summed E-state index contributed by atoms with van der Waals surface area (Å²) in [5, 5.41) is 11.3. The predicted octanol–water partition coefficient (Wildman–Crippen LogP) is -1.25. The van der Waals surface area contributed by atoms with Gasteiger partial charge < -0.3 is 26.2 Å². The summed E-state index contributed by atoms with van der Waals surface area (Å²) in [5.74, 6) is -3.92. The van der Waals surface area contributed by atoms with Crippen LogP contribution in [-0.4, -0.2) is 53.6 Å². The molecule has 2 amide bonds. The van der Waals surface area contributed by atoms with Gasteiger partial charge in [-0.05, 0) is 20.3 Å². The number of carboxylic acids is 1. The number of rotatable bonds is 9. The second kappa shape index (κ2) is 9.72. The topological polar surface area (TPSA) is 148 Å². The summed E-state index contributed by atoms with van der Waals surface area (Å²) < 4.78 is 12.5. The van der Waals surface area contributed by atoms with Crippen LogP contribution in [0.2, 0.25) is 1.41 Å². The maximum absolute atomic E-state index is 12.1. The van der Waals surface area contributed by atoms with Crippen molar-refractivity contribution in [2.45, 2.75) is 51.7 Å². The van der Waals surface area contributed by atoms with Gasteiger partial charge >= 0.3 is 11.9 Å². The summed E-state index contributed by atoms with van der Waals surface area (Å²) in [7, 11) is 0. The highest BCUT2D eigenvalue weighted by Crippen LogP contribution is 1.97. The Morgan fingerprint density at radius 1 is 1.27 bits per heavy atom. The Labute approximate surface area is 130 Å². The van der Waals surface area contributed by atoms with E-state index in [9.17, 15) is 19.2 Å². The van der Waals surface area contributed by atoms with Gasteiger partial charge in [0, 0.05) is 0 Å². The number of carbonyl (C=O) groups is 4. The first-order valence-electron chi connectivity index (χ1n) is 7.32. The van der Waals surface area contributed by atoms with E-state index in [0.29, 0.717) is 6.42 Å². The van der Waals surface area contributed by atoms with Crippen LogP contribution in [0.5, 0.6) is 0 Å². The molecule has 0 bridgehead atoms. The first kappa shape index (κ1) is 17.9. The lowest BCUT2D eigenvalue weighted by Gasteiger charge is -2.20. The SMILES string of the molecule is [2H]N(C(=O)[C@@H](C)N)[C@@H](CC(=O)O)C(=O)N[C@@H](C)C(=O)OCCC. The van der Waals surface area contributed by atoms with E-state index in [4.69, 9.17) is 17.0 Å². The van der Waals surface area contributed by atoms with Crippen molar-refractivity contribution in [1.82, 2.24) is 10.6 Å². The predicted molar refractivity (Wildman–Crippen MR) is 76.7 cm³/mol. The number of carbonyl (C=O) groups excluding carboxylic acids is 3. The van der Waals surface area contributed by atoms with Crippen LogP contribution >= 0.6 is 0 Å². The molecule has 0 radical (unpaired) electrons. The third-order valence-electron chi connectivity index (χ3n) is 2.50. The highest BCUT2D eigenvalue weighted by Gasteiger charge is 2.27. The van der Waals surface area contributed by atoms with E-state index in [0.717, 1.165) is 0 Å². The maximum Gasteiger partial charge on any atom is 0.328 e. The van der Waals surface area contributed by atoms with Gasteiger partial charge in [-0.2, -0.15) is 0 Å². The van der Waals surface area contributed by atoms with Crippen LogP contribution in [0.4, 0.5) is 0 Å². The number of ether oxygens (including phenoxy) is 1. The van der Waals surface area contributed by atoms with E-state index in [1.54, 1.807) is 6.92 Å². The fraction of sp³-hybridized carbons (Fsp3) is 0.692. The van der Waals surface area contributed by atoms with Gasteiger partial charge in [0.1, 0.15) is 12.1 Å². The second-order valence-electron chi connectivity index (χ2n) is 4.77. The number of hydrogen-bond donors (Lipinski definition) is 4. The molecule has 0 aromatic rings. The van der Waals surface area contributed by atoms with Crippen LogP contribution in [0, 0.1) is 0 Å². The Morgan fingerprint density at radius 2 is 1.86 bits per heavy atom. The van der Waals surface area contributed by atoms with Crippen LogP contribution < -0.4 is 16.4 Å². The van der Waals surface area contributed by atoms with Crippen molar-refractivity contribution in [3.05, 3.63) is 0 Å². The summed E-state index contributed by atoms with van der Waals surface area (Å²) in [6.07, 6.45) is -0.179. The minimum atomic E-state index is -1.60. The molecule has 0 aliphatic carbocycles. The fourth-order valence-electron chi connectivity index (χ4n) is 1.33. The smallest absolute Gasteiger partial charge is 0.328 e. The van der Waals surface area contributed by atoms with Gasteiger partial charge in [0.25, 0.3) is 0 Å². The van der Waals surface area contributed by atoms with E-state index >= 15 is 0 Å². The molecule has 0 aliphatic rings. The van der Waals surface area contributed by atoms with Crippen molar-refractivity contribution in [1.29, 1.82) is 0 Å². The molecule has 0 rings (SSSR count). The average molecular weight is 318 g/mol. The molecule has 9 nitrogen and oxygen atoms in total. The normalized spacial score (nSPS) is 15.0. The molecule has 0 saturated heterocycles. The molecule has 0 aliphatic heterocycles. The summed E-state index contributed by atoms with van der Waals surface area (Å²) in [6.45, 7) is 4.65. The standard InChI is InChI=1S/C13H23N3O6/c1-4-5-22-13(21)8(3)15-12(20)9(6-10(17)18)16-11(19)7(2)14/h7-9H,4-6,14H2,1-3H3,(H,15,20)(H,16,19)(H,17,18)/t7-,8+,9+/m1/s1/i/hD. The molecule has 0 heterocycles. The fourth-order valence-corrected chi connectivity index (χ4v) is 1.33. The van der Waals surface area contributed by atoms with Crippen LogP contribution in [-0.2, 0) is 23.9 Å². The summed E-state index contributed by atoms with van der Waals surface area (Å²) in [6, 6.07) is -3.71. The van der Waals surface area contributed by atoms with Gasteiger partial charge in [0.05, 0.1) is 19.1 Å². The summed E-state index contributed by atoms with van der Waals surface area (Å²) >= 11 is 0. The molecular formula is C13H23N3O6. The van der Waals surface area contributed by atoms with Gasteiger partial charge in [0.2, 0.25) is 11.8 Å². The number of nitrogens with one attached hydrogen (secondary N) is 2. The van der Waals surface area contributed by atoms with Gasteiger partial charge in [-0.15, -0.1) is 0 Å². The maximum atomic E-state index is 12.1. The van der Waals surface area contributed by atoms with E-state index in [-0.39, 0.29) is 11.9 Å². The number of hydrogen-bond acceptors (Lipinski definition) is 6. The molecule has 5 N–H and O–H groups in total. The number of amides is 2. The second-order valence-corrected chi connectivity index (χ2v) is 4.77. The average Bonchev–Trinajstić information content (AvgIpc) is 2.47. The number of nitrogens with two attached hydrogens (primary N) is 1. The number of carboxylic acid groups (broad SMARTS) is 1. The highest BCUT2D eigenvalue weighted by molar-refractivity contribution is 5.93. The molecule has 126 valence electrons. The molecule has 0 unspecified atom stereocenters. The van der Waals surface area contributed by atoms with E-state index in [1.165, 1.54) is 13.8 Å². The molecule has 22 heavy (non-hydrogen) atoms. The Kier molecular flexibility index (Phi) is 7.90. The zero-order chi connectivity index (χ0) is 18.2. The van der Waals surface area contributed by atoms with E-state index in [2.05, 4.69) is 5.32 Å². The molecule has 0 aromatic carbocycles. The van der Waals surface area contributed by atoms with Crippen LogP contribution in [0.1, 0.15) is 33.6 Å². The molecule has 0 aromatic heterocycles. The van der Waals surface area contributed by atoms with Crippen molar-refractivity contribution in [2.75, 3.05) is 6.61 Å². The Balaban J connectivity index is 4.97. The van der Waals surface area contributed by atoms with Gasteiger partial charge in [-0.3, -0.25) is 14.4 Å². The van der Waals surface area contributed by atoms with Crippen molar-refractivity contribution >= 4 is 23.8 Å². The van der Waals surface area contributed by atoms with Crippen molar-refractivity contribution in [2.24, 2.45) is 5.73 Å². The summed E-state index contributed by atoms with van der Waals surface area (Å²) in [4.78, 5) is 46.2. The minimum absolute atomic E-state index is 0.186. The largest absolute Gasteiger partial charge is 0.481 e. The minimum Gasteiger partial charge on any atom is -0.481 e. The lowest BCUT2D eigenvalue weighted by atomic mass is 10.1. The lowest BCUT2D eigenvalue weighted by molar-refractivity contribution is -0.147. The zero-order valence-electron chi connectivity index (χ0n) is 13.9. The molecule has 0 fully saturated rings. The molecular weight excluding hydrogens is 294 g/mol.